The molecule has 0 bridgehead atoms. The Kier molecular flexibility index (Phi) is 5.32. The minimum Gasteiger partial charge on any atom is -0.323 e. The number of aryl methyl sites for hydroxylation is 2. The number of hydrogen-bond donors (Lipinski definition) is 2. The number of quaternary nitrogens is 1. The maximum absolute atomic E-state index is 12.5. The quantitative estimate of drug-likeness (QED) is 0.639. The van der Waals surface area contributed by atoms with Gasteiger partial charge in [-0.1, -0.05) is 30.3 Å². The van der Waals surface area contributed by atoms with E-state index in [-0.39, 0.29) is 11.6 Å². The number of rotatable bonds is 5. The Bertz CT molecular complexity index is 835. The minimum atomic E-state index is -0.453. The summed E-state index contributed by atoms with van der Waals surface area (Å²) >= 11 is 0. The predicted octanol–water partition coefficient (Wildman–Crippen LogP) is 2.43. The lowest BCUT2D eigenvalue weighted by Crippen LogP contribution is -3.10. The van der Waals surface area contributed by atoms with Gasteiger partial charge in [-0.25, -0.2) is 0 Å². The molecular weight excluding hydrogens is 330 g/mol. The van der Waals surface area contributed by atoms with E-state index in [1.54, 1.807) is 6.07 Å². The van der Waals surface area contributed by atoms with Crippen molar-refractivity contribution in [2.45, 2.75) is 32.2 Å². The molecule has 0 radical (unpaired) electrons. The summed E-state index contributed by atoms with van der Waals surface area (Å²) in [6.07, 6.45) is 3.29. The zero-order valence-electron chi connectivity index (χ0n) is 15.1. The zero-order valence-corrected chi connectivity index (χ0v) is 15.1. The molecule has 0 saturated carbocycles. The van der Waals surface area contributed by atoms with E-state index in [0.717, 1.165) is 29.7 Å². The number of carbonyl (C=O) groups is 1. The maximum atomic E-state index is 12.5. The van der Waals surface area contributed by atoms with Crippen molar-refractivity contribution in [1.29, 1.82) is 0 Å². The second-order valence-electron chi connectivity index (χ2n) is 6.97. The standard InChI is InChI=1S/C20H23N3O3/c1-14-10-11-16(23(25)26)12-18(14)21-20(24)13-22(2)19-9-5-7-15-6-3-4-8-17(15)19/h3-4,6,8,10-12,19H,5,7,9,13H2,1-2H3,(H,21,24)/p+1/t19-/m1/s1. The first-order valence-corrected chi connectivity index (χ1v) is 8.90. The molecule has 2 aromatic rings. The van der Waals surface area contributed by atoms with Gasteiger partial charge in [0.1, 0.15) is 6.04 Å². The first-order valence-electron chi connectivity index (χ1n) is 8.90. The van der Waals surface area contributed by atoms with E-state index in [9.17, 15) is 14.9 Å². The Hall–Kier alpha value is -2.73. The van der Waals surface area contributed by atoms with Gasteiger partial charge in [0.05, 0.1) is 17.7 Å². The molecule has 1 amide bonds. The second-order valence-corrected chi connectivity index (χ2v) is 6.97. The topological polar surface area (TPSA) is 76.7 Å². The number of nitro benzene ring substituents is 1. The van der Waals surface area contributed by atoms with Crippen LogP contribution in [0.15, 0.2) is 42.5 Å². The first kappa shape index (κ1) is 18.1. The number of hydrogen-bond acceptors (Lipinski definition) is 3. The molecule has 0 fully saturated rings. The third kappa shape index (κ3) is 3.91. The summed E-state index contributed by atoms with van der Waals surface area (Å²) < 4.78 is 0. The number of likely N-dealkylation sites (N-methyl/N-ethyl adjacent to an activating group) is 1. The maximum Gasteiger partial charge on any atom is 0.279 e. The van der Waals surface area contributed by atoms with Gasteiger partial charge in [0, 0.05) is 24.1 Å². The third-order valence-corrected chi connectivity index (χ3v) is 5.11. The van der Waals surface area contributed by atoms with E-state index in [1.807, 2.05) is 14.0 Å². The number of nitrogens with one attached hydrogen (secondary N) is 2. The van der Waals surface area contributed by atoms with Crippen molar-refractivity contribution in [3.8, 4) is 0 Å². The van der Waals surface area contributed by atoms with Crippen molar-refractivity contribution in [2.24, 2.45) is 0 Å². The summed E-state index contributed by atoms with van der Waals surface area (Å²) in [6, 6.07) is 13.3. The van der Waals surface area contributed by atoms with Crippen molar-refractivity contribution in [2.75, 3.05) is 18.9 Å². The molecule has 6 nitrogen and oxygen atoms in total. The largest absolute Gasteiger partial charge is 0.323 e. The van der Waals surface area contributed by atoms with Crippen LogP contribution in [0.4, 0.5) is 11.4 Å². The normalized spacial score (nSPS) is 17.2. The summed E-state index contributed by atoms with van der Waals surface area (Å²) in [5, 5.41) is 13.8. The average molecular weight is 354 g/mol. The van der Waals surface area contributed by atoms with Crippen LogP contribution in [0.2, 0.25) is 0 Å². The molecule has 1 aliphatic rings. The van der Waals surface area contributed by atoms with E-state index in [1.165, 1.54) is 23.3 Å². The van der Waals surface area contributed by atoms with Gasteiger partial charge in [0.25, 0.3) is 11.6 Å². The van der Waals surface area contributed by atoms with E-state index in [2.05, 4.69) is 29.6 Å². The molecule has 0 saturated heterocycles. The Labute approximate surface area is 153 Å². The van der Waals surface area contributed by atoms with Crippen molar-refractivity contribution in [1.82, 2.24) is 0 Å². The lowest BCUT2D eigenvalue weighted by Gasteiger charge is -2.30. The second kappa shape index (κ2) is 7.66. The van der Waals surface area contributed by atoms with Crippen molar-refractivity contribution in [3.05, 3.63) is 69.3 Å². The van der Waals surface area contributed by atoms with Gasteiger partial charge in [0.2, 0.25) is 0 Å². The fourth-order valence-electron chi connectivity index (χ4n) is 3.69. The number of benzene rings is 2. The Morgan fingerprint density at radius 3 is 2.85 bits per heavy atom. The lowest BCUT2D eigenvalue weighted by molar-refractivity contribution is -0.905. The molecule has 0 aliphatic heterocycles. The summed E-state index contributed by atoms with van der Waals surface area (Å²) in [6.45, 7) is 2.15. The number of nitrogens with zero attached hydrogens (tertiary/aromatic N) is 1. The van der Waals surface area contributed by atoms with E-state index >= 15 is 0 Å². The number of fused-ring (bicyclic) bond motifs is 1. The molecule has 6 heteroatoms. The van der Waals surface area contributed by atoms with Gasteiger partial charge in [-0.3, -0.25) is 14.9 Å². The molecule has 0 aromatic heterocycles. The van der Waals surface area contributed by atoms with Crippen LogP contribution >= 0.6 is 0 Å². The molecule has 26 heavy (non-hydrogen) atoms. The molecule has 0 spiro atoms. The highest BCUT2D eigenvalue weighted by atomic mass is 16.6. The van der Waals surface area contributed by atoms with Crippen LogP contribution in [-0.2, 0) is 11.2 Å². The Morgan fingerprint density at radius 1 is 1.31 bits per heavy atom. The summed E-state index contributed by atoms with van der Waals surface area (Å²) in [5.74, 6) is -0.130. The van der Waals surface area contributed by atoms with Crippen LogP contribution in [0.1, 0.15) is 35.6 Å². The van der Waals surface area contributed by atoms with E-state index in [4.69, 9.17) is 0 Å². The number of nitro groups is 1. The SMILES string of the molecule is Cc1ccc([N+](=O)[O-])cc1NC(=O)C[NH+](C)[C@@H]1CCCc2ccccc21. The third-order valence-electron chi connectivity index (χ3n) is 5.11. The lowest BCUT2D eigenvalue weighted by atomic mass is 9.87. The number of carbonyl (C=O) groups excluding carboxylic acids is 1. The van der Waals surface area contributed by atoms with Crippen LogP contribution in [-0.4, -0.2) is 24.4 Å². The molecule has 1 aliphatic carbocycles. The fourth-order valence-corrected chi connectivity index (χ4v) is 3.69. The van der Waals surface area contributed by atoms with Gasteiger partial charge in [0.15, 0.2) is 6.54 Å². The number of non-ortho nitro benzene ring substituents is 1. The fraction of sp³-hybridized carbons (Fsp3) is 0.350. The molecule has 2 aromatic carbocycles. The summed E-state index contributed by atoms with van der Waals surface area (Å²) in [7, 11) is 2.03. The van der Waals surface area contributed by atoms with Crippen molar-refractivity contribution in [3.63, 3.8) is 0 Å². The van der Waals surface area contributed by atoms with Crippen LogP contribution in [0.5, 0.6) is 0 Å². The Morgan fingerprint density at radius 2 is 2.08 bits per heavy atom. The van der Waals surface area contributed by atoms with Gasteiger partial charge in [-0.2, -0.15) is 0 Å². The van der Waals surface area contributed by atoms with E-state index in [0.29, 0.717) is 18.3 Å². The zero-order chi connectivity index (χ0) is 18.7. The molecule has 3 rings (SSSR count). The van der Waals surface area contributed by atoms with Gasteiger partial charge < -0.3 is 10.2 Å². The highest BCUT2D eigenvalue weighted by Crippen LogP contribution is 2.27. The van der Waals surface area contributed by atoms with Crippen molar-refractivity contribution >= 4 is 17.3 Å². The molecule has 2 N–H and O–H groups in total. The van der Waals surface area contributed by atoms with Crippen LogP contribution < -0.4 is 10.2 Å². The molecule has 0 heterocycles. The van der Waals surface area contributed by atoms with Crippen LogP contribution in [0.25, 0.3) is 0 Å². The highest BCUT2D eigenvalue weighted by molar-refractivity contribution is 5.92. The average Bonchev–Trinajstić information content (AvgIpc) is 2.62. The first-order chi connectivity index (χ1) is 12.5. The molecule has 136 valence electrons. The molecular formula is C20H24N3O3+. The van der Waals surface area contributed by atoms with Crippen LogP contribution in [0.3, 0.4) is 0 Å². The molecule has 1 unspecified atom stereocenters. The van der Waals surface area contributed by atoms with Crippen molar-refractivity contribution < 1.29 is 14.6 Å². The van der Waals surface area contributed by atoms with Crippen LogP contribution in [0, 0.1) is 17.0 Å². The Balaban J connectivity index is 1.69. The monoisotopic (exact) mass is 354 g/mol. The van der Waals surface area contributed by atoms with Gasteiger partial charge in [-0.05, 0) is 30.9 Å². The minimum absolute atomic E-state index is 0.0205. The molecule has 2 atom stereocenters. The van der Waals surface area contributed by atoms with E-state index < -0.39 is 4.92 Å². The number of anilines is 1. The number of amides is 1. The summed E-state index contributed by atoms with van der Waals surface area (Å²) in [4.78, 5) is 24.1. The van der Waals surface area contributed by atoms with Gasteiger partial charge >= 0.3 is 0 Å². The summed E-state index contributed by atoms with van der Waals surface area (Å²) in [5.41, 5.74) is 3.99. The highest BCUT2D eigenvalue weighted by Gasteiger charge is 2.28. The predicted molar refractivity (Wildman–Crippen MR) is 100 cm³/mol. The van der Waals surface area contributed by atoms with Gasteiger partial charge in [-0.15, -0.1) is 0 Å². The smallest absolute Gasteiger partial charge is 0.279 e.